The van der Waals surface area contributed by atoms with E-state index in [1.54, 1.807) is 6.20 Å². The van der Waals surface area contributed by atoms with Crippen molar-refractivity contribution in [1.82, 2.24) is 4.98 Å². The summed E-state index contributed by atoms with van der Waals surface area (Å²) in [6, 6.07) is 19.7. The minimum absolute atomic E-state index is 0.201. The van der Waals surface area contributed by atoms with Crippen molar-refractivity contribution in [2.24, 2.45) is 11.5 Å². The number of hydrogen-bond acceptors (Lipinski definition) is 3. The van der Waals surface area contributed by atoms with Gasteiger partial charge in [0.1, 0.15) is 5.57 Å². The number of fused-ring (bicyclic) bond motifs is 7. The highest BCUT2D eigenvalue weighted by Crippen LogP contribution is 2.49. The molecule has 0 spiro atoms. The Labute approximate surface area is 160 Å². The van der Waals surface area contributed by atoms with Gasteiger partial charge in [0.2, 0.25) is 0 Å². The topological polar surface area (TPSA) is 99.1 Å². The molecule has 5 heteroatoms. The van der Waals surface area contributed by atoms with Gasteiger partial charge in [-0.1, -0.05) is 54.6 Å². The predicted molar refractivity (Wildman–Crippen MR) is 109 cm³/mol. The normalized spacial score (nSPS) is 12.1. The molecule has 0 saturated carbocycles. The molecule has 0 atom stereocenters. The van der Waals surface area contributed by atoms with Crippen molar-refractivity contribution in [3.8, 4) is 11.1 Å². The van der Waals surface area contributed by atoms with Crippen molar-refractivity contribution in [2.75, 3.05) is 0 Å². The zero-order valence-corrected chi connectivity index (χ0v) is 14.8. The molecule has 0 bridgehead atoms. The van der Waals surface area contributed by atoms with Gasteiger partial charge >= 0.3 is 0 Å². The lowest BCUT2D eigenvalue weighted by Crippen LogP contribution is -2.27. The van der Waals surface area contributed by atoms with Crippen molar-refractivity contribution in [1.29, 1.82) is 0 Å². The predicted octanol–water partition coefficient (Wildman–Crippen LogP) is 3.14. The summed E-state index contributed by atoms with van der Waals surface area (Å²) in [4.78, 5) is 28.7. The molecular weight excluding hydrogens is 350 g/mol. The van der Waals surface area contributed by atoms with E-state index < -0.39 is 11.8 Å². The quantitative estimate of drug-likeness (QED) is 0.218. The molecule has 5 rings (SSSR count). The first-order valence-corrected chi connectivity index (χ1v) is 8.82. The molecular formula is C23H15N3O2. The molecule has 4 N–H and O–H groups in total. The van der Waals surface area contributed by atoms with Crippen molar-refractivity contribution < 1.29 is 9.59 Å². The fraction of sp³-hybridized carbons (Fsp3) is 0. The lowest BCUT2D eigenvalue weighted by molar-refractivity contribution is -0.120. The number of nitrogens with two attached hydrogens (primary N) is 2. The van der Waals surface area contributed by atoms with Crippen LogP contribution in [0.25, 0.3) is 38.4 Å². The molecule has 0 unspecified atom stereocenters. The largest absolute Gasteiger partial charge is 0.365 e. The van der Waals surface area contributed by atoms with Crippen LogP contribution in [0, 0.1) is 0 Å². The molecule has 4 aromatic rings. The maximum absolute atomic E-state index is 12.1. The molecule has 134 valence electrons. The number of amides is 2. The van der Waals surface area contributed by atoms with E-state index in [0.717, 1.165) is 38.4 Å². The Hall–Kier alpha value is -3.99. The van der Waals surface area contributed by atoms with E-state index in [9.17, 15) is 9.59 Å². The fourth-order valence-electron chi connectivity index (χ4n) is 4.13. The van der Waals surface area contributed by atoms with Gasteiger partial charge in [-0.2, -0.15) is 0 Å². The first-order valence-electron chi connectivity index (χ1n) is 8.82. The number of rotatable bonds is 2. The van der Waals surface area contributed by atoms with Crippen LogP contribution in [0.15, 0.2) is 72.4 Å². The van der Waals surface area contributed by atoms with E-state index in [1.807, 2.05) is 60.7 Å². The van der Waals surface area contributed by atoms with Crippen LogP contribution in [-0.4, -0.2) is 16.8 Å². The third-order valence-electron chi connectivity index (χ3n) is 5.24. The minimum Gasteiger partial charge on any atom is -0.365 e. The molecule has 28 heavy (non-hydrogen) atoms. The van der Waals surface area contributed by atoms with Gasteiger partial charge in [0.15, 0.2) is 0 Å². The summed E-state index contributed by atoms with van der Waals surface area (Å²) in [6.07, 6.45) is 1.69. The molecule has 0 saturated heterocycles. The Balaban J connectivity index is 2.05. The molecule has 0 radical (unpaired) electrons. The van der Waals surface area contributed by atoms with E-state index in [2.05, 4.69) is 4.98 Å². The number of primary amides is 2. The Kier molecular flexibility index (Phi) is 3.33. The van der Waals surface area contributed by atoms with E-state index in [1.165, 1.54) is 0 Å². The Morgan fingerprint density at radius 1 is 0.750 bits per heavy atom. The van der Waals surface area contributed by atoms with Gasteiger partial charge in [-0.25, -0.2) is 0 Å². The summed E-state index contributed by atoms with van der Waals surface area (Å²) < 4.78 is 0. The summed E-state index contributed by atoms with van der Waals surface area (Å²) in [5.74, 6) is -1.69. The lowest BCUT2D eigenvalue weighted by atomic mass is 9.95. The van der Waals surface area contributed by atoms with Gasteiger partial charge in [-0.05, 0) is 28.0 Å². The summed E-state index contributed by atoms with van der Waals surface area (Å²) in [5.41, 5.74) is 15.4. The number of carbonyl (C=O) groups is 2. The van der Waals surface area contributed by atoms with E-state index in [4.69, 9.17) is 11.5 Å². The third kappa shape index (κ3) is 2.10. The highest BCUT2D eigenvalue weighted by molar-refractivity contribution is 6.29. The summed E-state index contributed by atoms with van der Waals surface area (Å²) in [7, 11) is 0. The third-order valence-corrected chi connectivity index (χ3v) is 5.24. The van der Waals surface area contributed by atoms with Gasteiger partial charge < -0.3 is 11.5 Å². The van der Waals surface area contributed by atoms with Crippen LogP contribution in [0.3, 0.4) is 0 Å². The number of aromatic nitrogens is 1. The average Bonchev–Trinajstić information content (AvgIpc) is 3.02. The average molecular weight is 365 g/mol. The monoisotopic (exact) mass is 365 g/mol. The zero-order chi connectivity index (χ0) is 19.4. The molecule has 3 aromatic carbocycles. The zero-order valence-electron chi connectivity index (χ0n) is 14.8. The van der Waals surface area contributed by atoms with Crippen molar-refractivity contribution in [3.05, 3.63) is 83.6 Å². The highest BCUT2D eigenvalue weighted by Gasteiger charge is 2.32. The fourth-order valence-corrected chi connectivity index (χ4v) is 4.13. The second-order valence-corrected chi connectivity index (χ2v) is 6.75. The Morgan fingerprint density at radius 3 is 2.18 bits per heavy atom. The second kappa shape index (κ2) is 5.76. The standard InChI is InChI=1S/C23H15N3O2/c24-22(27)21(23(25)28)19-15-8-4-3-7-14(15)18-16(19)11-26-17-10-9-12-5-1-2-6-13(12)20(17)18/h1-11H,(H2,24,27)(H2,25,28). The van der Waals surface area contributed by atoms with E-state index in [0.29, 0.717) is 11.1 Å². The Morgan fingerprint density at radius 2 is 1.43 bits per heavy atom. The van der Waals surface area contributed by atoms with Crippen LogP contribution in [-0.2, 0) is 9.59 Å². The van der Waals surface area contributed by atoms with E-state index >= 15 is 0 Å². The molecule has 1 aliphatic rings. The van der Waals surface area contributed by atoms with Crippen LogP contribution in [0.4, 0.5) is 0 Å². The van der Waals surface area contributed by atoms with Crippen LogP contribution in [0.2, 0.25) is 0 Å². The van der Waals surface area contributed by atoms with Crippen LogP contribution < -0.4 is 11.5 Å². The van der Waals surface area contributed by atoms with Crippen LogP contribution >= 0.6 is 0 Å². The van der Waals surface area contributed by atoms with Gasteiger partial charge in [-0.15, -0.1) is 0 Å². The Bertz CT molecular complexity index is 1350. The van der Waals surface area contributed by atoms with Gasteiger partial charge in [0, 0.05) is 28.3 Å². The molecule has 1 heterocycles. The highest BCUT2D eigenvalue weighted by atomic mass is 16.2. The molecule has 0 fully saturated rings. The van der Waals surface area contributed by atoms with Gasteiger partial charge in [0.25, 0.3) is 11.8 Å². The molecule has 1 aliphatic carbocycles. The van der Waals surface area contributed by atoms with Gasteiger partial charge in [-0.3, -0.25) is 14.6 Å². The maximum Gasteiger partial charge on any atom is 0.254 e. The SMILES string of the molecule is NC(=O)C(C(N)=O)=C1c2ccccc2-c2c1cnc1ccc3ccccc3c21. The number of nitrogens with zero attached hydrogens (tertiary/aromatic N) is 1. The van der Waals surface area contributed by atoms with Crippen LogP contribution in [0.5, 0.6) is 0 Å². The molecule has 1 aromatic heterocycles. The van der Waals surface area contributed by atoms with Crippen LogP contribution in [0.1, 0.15) is 11.1 Å². The van der Waals surface area contributed by atoms with Crippen molar-refractivity contribution >= 4 is 39.1 Å². The molecule has 0 aliphatic heterocycles. The second-order valence-electron chi connectivity index (χ2n) is 6.75. The number of benzene rings is 3. The van der Waals surface area contributed by atoms with Crippen molar-refractivity contribution in [3.63, 3.8) is 0 Å². The van der Waals surface area contributed by atoms with E-state index in [-0.39, 0.29) is 5.57 Å². The minimum atomic E-state index is -0.844. The summed E-state index contributed by atoms with van der Waals surface area (Å²) in [6.45, 7) is 0. The number of pyridine rings is 1. The smallest absolute Gasteiger partial charge is 0.254 e. The molecule has 5 nitrogen and oxygen atoms in total. The first-order chi connectivity index (χ1) is 13.6. The molecule has 2 amide bonds. The first kappa shape index (κ1) is 16.2. The number of hydrogen-bond donors (Lipinski definition) is 2. The van der Waals surface area contributed by atoms with Crippen molar-refractivity contribution in [2.45, 2.75) is 0 Å². The summed E-state index contributed by atoms with van der Waals surface area (Å²) >= 11 is 0. The number of carbonyl (C=O) groups excluding carboxylic acids is 2. The van der Waals surface area contributed by atoms with Gasteiger partial charge in [0.05, 0.1) is 5.52 Å². The summed E-state index contributed by atoms with van der Waals surface area (Å²) in [5, 5.41) is 3.12. The lowest BCUT2D eigenvalue weighted by Gasteiger charge is -2.10. The maximum atomic E-state index is 12.1.